The number of anilines is 1. The largest absolute Gasteiger partial charge is 0.479 e. The minimum absolute atomic E-state index is 0.445. The van der Waals surface area contributed by atoms with E-state index in [0.29, 0.717) is 17.9 Å². The van der Waals surface area contributed by atoms with Crippen LogP contribution in [0.5, 0.6) is 5.75 Å². The number of aryl methyl sites for hydroxylation is 1. The number of carbonyl (C=O) groups is 1. The molecule has 88 valence electrons. The van der Waals surface area contributed by atoms with E-state index in [-0.39, 0.29) is 0 Å². The molecule has 16 heavy (non-hydrogen) atoms. The van der Waals surface area contributed by atoms with Crippen LogP contribution in [0, 0.1) is 6.92 Å². The smallest absolute Gasteiger partial charge is 0.344 e. The second-order valence-electron chi connectivity index (χ2n) is 3.77. The highest BCUT2D eigenvalue weighted by molar-refractivity contribution is 5.73. The summed E-state index contributed by atoms with van der Waals surface area (Å²) in [6.45, 7) is 3.82. The van der Waals surface area contributed by atoms with Crippen LogP contribution < -0.4 is 10.5 Å². The zero-order valence-electron chi connectivity index (χ0n) is 9.56. The standard InChI is InChI=1S/C12H17NO3/c1-3-4-10(12(14)15)16-11-7-8(2)5-6-9(11)13/h5-7,10H,3-4,13H2,1-2H3,(H,14,15). The molecular weight excluding hydrogens is 206 g/mol. The summed E-state index contributed by atoms with van der Waals surface area (Å²) >= 11 is 0. The Morgan fingerprint density at radius 2 is 2.25 bits per heavy atom. The maximum absolute atomic E-state index is 10.9. The van der Waals surface area contributed by atoms with Crippen LogP contribution in [-0.2, 0) is 4.79 Å². The number of benzene rings is 1. The van der Waals surface area contributed by atoms with Gasteiger partial charge >= 0.3 is 5.97 Å². The van der Waals surface area contributed by atoms with Crippen LogP contribution >= 0.6 is 0 Å². The van der Waals surface area contributed by atoms with Gasteiger partial charge in [0.1, 0.15) is 5.75 Å². The van der Waals surface area contributed by atoms with E-state index in [2.05, 4.69) is 0 Å². The molecule has 1 aromatic carbocycles. The summed E-state index contributed by atoms with van der Waals surface area (Å²) in [5, 5.41) is 8.96. The molecule has 0 aliphatic carbocycles. The van der Waals surface area contributed by atoms with E-state index in [1.165, 1.54) is 0 Å². The van der Waals surface area contributed by atoms with Crippen LogP contribution in [0.2, 0.25) is 0 Å². The third-order valence-electron chi connectivity index (χ3n) is 2.26. The number of carboxylic acid groups (broad SMARTS) is 1. The first-order valence-electron chi connectivity index (χ1n) is 5.30. The number of rotatable bonds is 5. The first-order valence-corrected chi connectivity index (χ1v) is 5.30. The minimum Gasteiger partial charge on any atom is -0.479 e. The maximum Gasteiger partial charge on any atom is 0.344 e. The van der Waals surface area contributed by atoms with Gasteiger partial charge < -0.3 is 15.6 Å². The molecular formula is C12H17NO3. The molecule has 0 aromatic heterocycles. The number of hydrogen-bond donors (Lipinski definition) is 2. The Bertz CT molecular complexity index is 377. The average Bonchev–Trinajstić information content (AvgIpc) is 2.22. The monoisotopic (exact) mass is 223 g/mol. The molecule has 1 atom stereocenters. The van der Waals surface area contributed by atoms with E-state index in [1.54, 1.807) is 12.1 Å². The molecule has 0 saturated heterocycles. The summed E-state index contributed by atoms with van der Waals surface area (Å²) in [7, 11) is 0. The Hall–Kier alpha value is -1.71. The summed E-state index contributed by atoms with van der Waals surface area (Å²) in [5.74, 6) is -0.511. The molecule has 0 amide bonds. The van der Waals surface area contributed by atoms with E-state index < -0.39 is 12.1 Å². The number of carboxylic acids is 1. The highest BCUT2D eigenvalue weighted by Gasteiger charge is 2.19. The molecule has 4 nitrogen and oxygen atoms in total. The van der Waals surface area contributed by atoms with Crippen molar-refractivity contribution in [2.75, 3.05) is 5.73 Å². The highest BCUT2D eigenvalue weighted by atomic mass is 16.5. The molecule has 3 N–H and O–H groups in total. The van der Waals surface area contributed by atoms with E-state index in [0.717, 1.165) is 12.0 Å². The third-order valence-corrected chi connectivity index (χ3v) is 2.26. The van der Waals surface area contributed by atoms with Crippen molar-refractivity contribution in [2.45, 2.75) is 32.8 Å². The second-order valence-corrected chi connectivity index (χ2v) is 3.77. The first kappa shape index (κ1) is 12.4. The lowest BCUT2D eigenvalue weighted by Crippen LogP contribution is -2.27. The van der Waals surface area contributed by atoms with E-state index in [9.17, 15) is 4.79 Å². The highest BCUT2D eigenvalue weighted by Crippen LogP contribution is 2.24. The van der Waals surface area contributed by atoms with Gasteiger partial charge in [-0.3, -0.25) is 0 Å². The van der Waals surface area contributed by atoms with Gasteiger partial charge in [0, 0.05) is 0 Å². The molecule has 1 unspecified atom stereocenters. The van der Waals surface area contributed by atoms with Gasteiger partial charge in [-0.25, -0.2) is 4.79 Å². The Morgan fingerprint density at radius 3 is 2.81 bits per heavy atom. The number of ether oxygens (including phenoxy) is 1. The summed E-state index contributed by atoms with van der Waals surface area (Å²) in [6, 6.07) is 5.33. The van der Waals surface area contributed by atoms with Gasteiger partial charge in [-0.2, -0.15) is 0 Å². The van der Waals surface area contributed by atoms with Crippen molar-refractivity contribution in [1.29, 1.82) is 0 Å². The van der Waals surface area contributed by atoms with Crippen molar-refractivity contribution in [3.8, 4) is 5.75 Å². The van der Waals surface area contributed by atoms with Crippen molar-refractivity contribution in [3.63, 3.8) is 0 Å². The molecule has 0 radical (unpaired) electrons. The summed E-state index contributed by atoms with van der Waals surface area (Å²) in [5.41, 5.74) is 7.17. The fraction of sp³-hybridized carbons (Fsp3) is 0.417. The Morgan fingerprint density at radius 1 is 1.56 bits per heavy atom. The zero-order chi connectivity index (χ0) is 12.1. The van der Waals surface area contributed by atoms with Gasteiger partial charge in [-0.1, -0.05) is 19.4 Å². The van der Waals surface area contributed by atoms with Crippen molar-refractivity contribution < 1.29 is 14.6 Å². The van der Waals surface area contributed by atoms with Crippen LogP contribution in [0.25, 0.3) is 0 Å². The quantitative estimate of drug-likeness (QED) is 0.750. The molecule has 0 bridgehead atoms. The fourth-order valence-electron chi connectivity index (χ4n) is 1.39. The number of aliphatic carboxylic acids is 1. The Kier molecular flexibility index (Phi) is 4.17. The third kappa shape index (κ3) is 3.15. The van der Waals surface area contributed by atoms with Crippen molar-refractivity contribution >= 4 is 11.7 Å². The topological polar surface area (TPSA) is 72.5 Å². The predicted molar refractivity (Wildman–Crippen MR) is 62.6 cm³/mol. The lowest BCUT2D eigenvalue weighted by molar-refractivity contribution is -0.145. The second kappa shape index (κ2) is 5.39. The van der Waals surface area contributed by atoms with Crippen LogP contribution in [0.4, 0.5) is 5.69 Å². The molecule has 4 heteroatoms. The van der Waals surface area contributed by atoms with Gasteiger partial charge in [0.25, 0.3) is 0 Å². The SMILES string of the molecule is CCCC(Oc1cc(C)ccc1N)C(=O)O. The zero-order valence-corrected chi connectivity index (χ0v) is 9.56. The van der Waals surface area contributed by atoms with E-state index in [4.69, 9.17) is 15.6 Å². The Labute approximate surface area is 95.0 Å². The summed E-state index contributed by atoms with van der Waals surface area (Å²) < 4.78 is 5.40. The van der Waals surface area contributed by atoms with E-state index >= 15 is 0 Å². The number of hydrogen-bond acceptors (Lipinski definition) is 3. The average molecular weight is 223 g/mol. The molecule has 1 aromatic rings. The molecule has 0 saturated carbocycles. The van der Waals surface area contributed by atoms with Gasteiger partial charge in [-0.05, 0) is 31.0 Å². The van der Waals surface area contributed by atoms with E-state index in [1.807, 2.05) is 19.9 Å². The molecule has 0 aliphatic heterocycles. The van der Waals surface area contributed by atoms with Gasteiger partial charge in [-0.15, -0.1) is 0 Å². The van der Waals surface area contributed by atoms with Gasteiger partial charge in [0.2, 0.25) is 0 Å². The maximum atomic E-state index is 10.9. The number of nitrogen functional groups attached to an aromatic ring is 1. The van der Waals surface area contributed by atoms with Crippen LogP contribution in [0.1, 0.15) is 25.3 Å². The van der Waals surface area contributed by atoms with Crippen LogP contribution in [0.3, 0.4) is 0 Å². The van der Waals surface area contributed by atoms with Crippen molar-refractivity contribution in [3.05, 3.63) is 23.8 Å². The molecule has 0 spiro atoms. The number of nitrogens with two attached hydrogens (primary N) is 1. The van der Waals surface area contributed by atoms with Crippen LogP contribution in [-0.4, -0.2) is 17.2 Å². The van der Waals surface area contributed by atoms with Crippen LogP contribution in [0.15, 0.2) is 18.2 Å². The lowest BCUT2D eigenvalue weighted by Gasteiger charge is -2.16. The fourth-order valence-corrected chi connectivity index (χ4v) is 1.39. The van der Waals surface area contributed by atoms with Crippen molar-refractivity contribution in [2.24, 2.45) is 0 Å². The minimum atomic E-state index is -0.956. The van der Waals surface area contributed by atoms with Gasteiger partial charge in [0.05, 0.1) is 5.69 Å². The molecule has 0 heterocycles. The molecule has 1 rings (SSSR count). The summed E-state index contributed by atoms with van der Waals surface area (Å²) in [4.78, 5) is 10.9. The molecule has 0 aliphatic rings. The lowest BCUT2D eigenvalue weighted by atomic mass is 10.2. The van der Waals surface area contributed by atoms with Crippen molar-refractivity contribution in [1.82, 2.24) is 0 Å². The molecule has 0 fully saturated rings. The normalized spacial score (nSPS) is 12.1. The Balaban J connectivity index is 2.84. The van der Waals surface area contributed by atoms with Gasteiger partial charge in [0.15, 0.2) is 6.10 Å². The first-order chi connectivity index (χ1) is 7.54. The summed E-state index contributed by atoms with van der Waals surface area (Å²) in [6.07, 6.45) is 0.403. The predicted octanol–water partition coefficient (Wildman–Crippen LogP) is 2.21.